The maximum Gasteiger partial charge on any atom is 0.0745 e. The van der Waals surface area contributed by atoms with Crippen LogP contribution < -0.4 is 10.6 Å². The van der Waals surface area contributed by atoms with Crippen molar-refractivity contribution in [2.24, 2.45) is 0 Å². The van der Waals surface area contributed by atoms with Crippen molar-refractivity contribution in [1.82, 2.24) is 9.88 Å². The first-order valence-electron chi connectivity index (χ1n) is 7.55. The number of hydrogen-bond acceptors (Lipinski definition) is 4. The average Bonchev–Trinajstić information content (AvgIpc) is 3.32. The normalized spacial score (nSPS) is 20.1. The molecule has 4 rings (SSSR count). The van der Waals surface area contributed by atoms with E-state index in [0.29, 0.717) is 0 Å². The van der Waals surface area contributed by atoms with E-state index in [1.807, 2.05) is 12.1 Å². The number of piperazine rings is 1. The monoisotopic (exact) mass is 346 g/mol. The fourth-order valence-corrected chi connectivity index (χ4v) is 3.63. The van der Waals surface area contributed by atoms with E-state index in [9.17, 15) is 0 Å². The van der Waals surface area contributed by atoms with Gasteiger partial charge >= 0.3 is 0 Å². The van der Waals surface area contributed by atoms with Crippen molar-refractivity contribution >= 4 is 38.2 Å². The highest BCUT2D eigenvalue weighted by Crippen LogP contribution is 2.35. The minimum Gasteiger partial charge on any atom is -0.396 e. The smallest absolute Gasteiger partial charge is 0.0745 e. The molecule has 1 saturated heterocycles. The number of nitrogens with two attached hydrogens (primary N) is 1. The summed E-state index contributed by atoms with van der Waals surface area (Å²) >= 11 is 3.56. The Balaban J connectivity index is 1.69. The van der Waals surface area contributed by atoms with E-state index in [0.717, 1.165) is 59.0 Å². The van der Waals surface area contributed by atoms with Gasteiger partial charge < -0.3 is 10.6 Å². The topological polar surface area (TPSA) is 45.4 Å². The minimum atomic E-state index is 0.778. The molecule has 1 aliphatic heterocycles. The summed E-state index contributed by atoms with van der Waals surface area (Å²) in [5.74, 6) is 0. The highest BCUT2D eigenvalue weighted by molar-refractivity contribution is 9.10. The summed E-state index contributed by atoms with van der Waals surface area (Å²) in [7, 11) is 0. The zero-order chi connectivity index (χ0) is 14.4. The van der Waals surface area contributed by atoms with E-state index in [2.05, 4.69) is 36.8 Å². The van der Waals surface area contributed by atoms with Crippen LogP contribution in [0.3, 0.4) is 0 Å². The van der Waals surface area contributed by atoms with E-state index in [-0.39, 0.29) is 0 Å². The fourth-order valence-electron chi connectivity index (χ4n) is 3.27. The van der Waals surface area contributed by atoms with Gasteiger partial charge in [-0.25, -0.2) is 0 Å². The third-order valence-electron chi connectivity index (χ3n) is 4.52. The van der Waals surface area contributed by atoms with Crippen LogP contribution in [0.25, 0.3) is 10.9 Å². The summed E-state index contributed by atoms with van der Waals surface area (Å²) in [4.78, 5) is 9.49. The summed E-state index contributed by atoms with van der Waals surface area (Å²) < 4.78 is 1.07. The van der Waals surface area contributed by atoms with Crippen LogP contribution in [0.4, 0.5) is 11.4 Å². The van der Waals surface area contributed by atoms with E-state index < -0.39 is 0 Å². The average molecular weight is 347 g/mol. The molecule has 0 unspecified atom stereocenters. The number of hydrogen-bond donors (Lipinski definition) is 1. The molecule has 0 atom stereocenters. The molecule has 2 N–H and O–H groups in total. The maximum atomic E-state index is 6.24. The second kappa shape index (κ2) is 5.14. The molecule has 2 aromatic rings. The number of anilines is 2. The van der Waals surface area contributed by atoms with Gasteiger partial charge in [0.1, 0.15) is 0 Å². The number of benzene rings is 1. The summed E-state index contributed by atoms with van der Waals surface area (Å²) in [5.41, 5.74) is 9.18. The van der Waals surface area contributed by atoms with Crippen LogP contribution in [-0.2, 0) is 0 Å². The molecule has 4 nitrogen and oxygen atoms in total. The van der Waals surface area contributed by atoms with Crippen molar-refractivity contribution in [1.29, 1.82) is 0 Å². The Morgan fingerprint density at radius 2 is 1.90 bits per heavy atom. The SMILES string of the molecule is Nc1cnc2ccc(Br)cc2c1N1CCN(C2CC2)CC1. The zero-order valence-electron chi connectivity index (χ0n) is 11.9. The Labute approximate surface area is 133 Å². The molecule has 21 heavy (non-hydrogen) atoms. The first-order chi connectivity index (χ1) is 10.2. The van der Waals surface area contributed by atoms with Gasteiger partial charge in [0.05, 0.1) is 23.1 Å². The first-order valence-corrected chi connectivity index (χ1v) is 8.34. The van der Waals surface area contributed by atoms with Crippen LogP contribution in [0.15, 0.2) is 28.9 Å². The molecule has 2 heterocycles. The van der Waals surface area contributed by atoms with Gasteiger partial charge in [0.25, 0.3) is 0 Å². The number of rotatable bonds is 2. The lowest BCUT2D eigenvalue weighted by Gasteiger charge is -2.37. The second-order valence-corrected chi connectivity index (χ2v) is 6.89. The van der Waals surface area contributed by atoms with Crippen LogP contribution in [0.2, 0.25) is 0 Å². The number of fused-ring (bicyclic) bond motifs is 1. The Bertz CT molecular complexity index is 670. The molecule has 0 bridgehead atoms. The predicted octanol–water partition coefficient (Wildman–Crippen LogP) is 2.86. The largest absolute Gasteiger partial charge is 0.396 e. The molecule has 0 spiro atoms. The molecule has 110 valence electrons. The second-order valence-electron chi connectivity index (χ2n) is 5.98. The number of nitrogens with zero attached hydrogens (tertiary/aromatic N) is 3. The summed E-state index contributed by atoms with van der Waals surface area (Å²) in [6.07, 6.45) is 4.55. The molecule has 2 aliphatic rings. The number of halogens is 1. The van der Waals surface area contributed by atoms with Crippen molar-refractivity contribution in [3.63, 3.8) is 0 Å². The fraction of sp³-hybridized carbons (Fsp3) is 0.438. The molecule has 1 saturated carbocycles. The standard InChI is InChI=1S/C16H19BrN4/c17-11-1-4-15-13(9-11)16(14(18)10-19-15)21-7-5-20(6-8-21)12-2-3-12/h1,4,9-10,12H,2-3,5-8,18H2. The molecule has 1 aliphatic carbocycles. The maximum absolute atomic E-state index is 6.24. The minimum absolute atomic E-state index is 0.778. The lowest BCUT2D eigenvalue weighted by atomic mass is 10.1. The van der Waals surface area contributed by atoms with Crippen molar-refractivity contribution in [3.8, 4) is 0 Å². The van der Waals surface area contributed by atoms with Crippen LogP contribution in [0.1, 0.15) is 12.8 Å². The Hall–Kier alpha value is -1.33. The first kappa shape index (κ1) is 13.3. The molecule has 1 aromatic heterocycles. The van der Waals surface area contributed by atoms with Crippen LogP contribution in [-0.4, -0.2) is 42.1 Å². The van der Waals surface area contributed by atoms with Gasteiger partial charge in [0.2, 0.25) is 0 Å². The van der Waals surface area contributed by atoms with Crippen molar-refractivity contribution in [2.45, 2.75) is 18.9 Å². The van der Waals surface area contributed by atoms with Gasteiger partial charge in [0, 0.05) is 42.1 Å². The van der Waals surface area contributed by atoms with E-state index in [1.54, 1.807) is 6.20 Å². The summed E-state index contributed by atoms with van der Waals surface area (Å²) in [6.45, 7) is 4.38. The molecular weight excluding hydrogens is 328 g/mol. The van der Waals surface area contributed by atoms with Crippen LogP contribution >= 0.6 is 15.9 Å². The third kappa shape index (κ3) is 2.49. The Morgan fingerprint density at radius 3 is 2.62 bits per heavy atom. The van der Waals surface area contributed by atoms with Crippen molar-refractivity contribution < 1.29 is 0 Å². The summed E-state index contributed by atoms with van der Waals surface area (Å²) in [6, 6.07) is 7.05. The van der Waals surface area contributed by atoms with E-state index in [4.69, 9.17) is 5.73 Å². The van der Waals surface area contributed by atoms with E-state index in [1.165, 1.54) is 12.8 Å². The molecule has 0 amide bonds. The lowest BCUT2D eigenvalue weighted by Crippen LogP contribution is -2.47. The van der Waals surface area contributed by atoms with Gasteiger partial charge in [0.15, 0.2) is 0 Å². The van der Waals surface area contributed by atoms with Crippen molar-refractivity contribution in [2.75, 3.05) is 36.8 Å². The van der Waals surface area contributed by atoms with Crippen LogP contribution in [0, 0.1) is 0 Å². The highest BCUT2D eigenvalue weighted by Gasteiger charge is 2.31. The quantitative estimate of drug-likeness (QED) is 0.908. The number of aromatic nitrogens is 1. The molecule has 0 radical (unpaired) electrons. The number of nitrogen functional groups attached to an aromatic ring is 1. The zero-order valence-corrected chi connectivity index (χ0v) is 13.5. The summed E-state index contributed by atoms with van der Waals surface area (Å²) in [5, 5.41) is 1.14. The Kier molecular flexibility index (Phi) is 3.27. The van der Waals surface area contributed by atoms with Gasteiger partial charge in [-0.3, -0.25) is 9.88 Å². The van der Waals surface area contributed by atoms with E-state index >= 15 is 0 Å². The van der Waals surface area contributed by atoms with Gasteiger partial charge in [-0.05, 0) is 31.0 Å². The number of pyridine rings is 1. The molecule has 2 fully saturated rings. The van der Waals surface area contributed by atoms with Gasteiger partial charge in [-0.2, -0.15) is 0 Å². The highest BCUT2D eigenvalue weighted by atomic mass is 79.9. The Morgan fingerprint density at radius 1 is 1.14 bits per heavy atom. The van der Waals surface area contributed by atoms with Crippen molar-refractivity contribution in [3.05, 3.63) is 28.9 Å². The van der Waals surface area contributed by atoms with Gasteiger partial charge in [-0.15, -0.1) is 0 Å². The van der Waals surface area contributed by atoms with Gasteiger partial charge in [-0.1, -0.05) is 15.9 Å². The molecular formula is C16H19BrN4. The molecule has 5 heteroatoms. The third-order valence-corrected chi connectivity index (χ3v) is 5.02. The molecule has 1 aromatic carbocycles. The van der Waals surface area contributed by atoms with Crippen LogP contribution in [0.5, 0.6) is 0 Å². The lowest BCUT2D eigenvalue weighted by molar-refractivity contribution is 0.248. The predicted molar refractivity (Wildman–Crippen MR) is 90.7 cm³/mol.